The van der Waals surface area contributed by atoms with Crippen LogP contribution in [-0.2, 0) is 6.18 Å². The van der Waals surface area contributed by atoms with Gasteiger partial charge in [-0.15, -0.1) is 0 Å². The van der Waals surface area contributed by atoms with Crippen LogP contribution in [0, 0.1) is 13.8 Å². The van der Waals surface area contributed by atoms with E-state index < -0.39 is 23.6 Å². The van der Waals surface area contributed by atoms with Crippen molar-refractivity contribution in [2.24, 2.45) is 5.73 Å². The fourth-order valence-corrected chi connectivity index (χ4v) is 3.39. The number of hydrogen-bond acceptors (Lipinski definition) is 6. The predicted molar refractivity (Wildman–Crippen MR) is 121 cm³/mol. The molecule has 8 nitrogen and oxygen atoms in total. The number of primary amides is 1. The molecule has 184 valence electrons. The normalized spacial score (nSPS) is 11.1. The standard InChI is InChI=1S/C24H22F3N3O5/c1-12-9-18(33-3)21(19(10-12)34-4)35-17-8-6-15(24(25,26)27)13(2)20(17)23(32)30-14-5-7-16(22(28)31)29-11-14/h5-11H,1-4H3,(H2,28,31)(H,30,32). The molecule has 0 bridgehead atoms. The lowest BCUT2D eigenvalue weighted by atomic mass is 10.00. The number of nitrogens with zero attached hydrogens (tertiary/aromatic N) is 1. The van der Waals surface area contributed by atoms with Gasteiger partial charge in [0.1, 0.15) is 11.4 Å². The minimum absolute atomic E-state index is 0.0409. The molecule has 3 N–H and O–H groups in total. The Balaban J connectivity index is 2.11. The largest absolute Gasteiger partial charge is 0.493 e. The number of aryl methyl sites for hydroxylation is 1. The lowest BCUT2D eigenvalue weighted by molar-refractivity contribution is -0.138. The van der Waals surface area contributed by atoms with Gasteiger partial charge in [-0.25, -0.2) is 4.98 Å². The van der Waals surface area contributed by atoms with Crippen molar-refractivity contribution in [1.82, 2.24) is 4.98 Å². The lowest BCUT2D eigenvalue weighted by Gasteiger charge is -2.20. The van der Waals surface area contributed by atoms with Crippen molar-refractivity contribution < 1.29 is 37.0 Å². The van der Waals surface area contributed by atoms with Crippen LogP contribution in [0.1, 0.15) is 37.5 Å². The van der Waals surface area contributed by atoms with E-state index in [2.05, 4.69) is 10.3 Å². The summed E-state index contributed by atoms with van der Waals surface area (Å²) in [6.45, 7) is 2.97. The van der Waals surface area contributed by atoms with Gasteiger partial charge < -0.3 is 25.3 Å². The monoisotopic (exact) mass is 489 g/mol. The molecular formula is C24H22F3N3O5. The number of pyridine rings is 1. The molecule has 0 fully saturated rings. The van der Waals surface area contributed by atoms with Crippen molar-refractivity contribution in [2.75, 3.05) is 19.5 Å². The fourth-order valence-electron chi connectivity index (χ4n) is 3.39. The second kappa shape index (κ2) is 9.92. The molecule has 0 atom stereocenters. The van der Waals surface area contributed by atoms with Crippen molar-refractivity contribution >= 4 is 17.5 Å². The van der Waals surface area contributed by atoms with Gasteiger partial charge in [-0.3, -0.25) is 9.59 Å². The van der Waals surface area contributed by atoms with Crippen LogP contribution in [0.2, 0.25) is 0 Å². The highest BCUT2D eigenvalue weighted by Gasteiger charge is 2.35. The first kappa shape index (κ1) is 25.3. The summed E-state index contributed by atoms with van der Waals surface area (Å²) in [5.41, 5.74) is 4.33. The topological polar surface area (TPSA) is 113 Å². The average molecular weight is 489 g/mol. The minimum Gasteiger partial charge on any atom is -0.493 e. The molecule has 2 aromatic carbocycles. The number of halogens is 3. The Morgan fingerprint density at radius 3 is 2.09 bits per heavy atom. The maximum Gasteiger partial charge on any atom is 0.416 e. The number of alkyl halides is 3. The summed E-state index contributed by atoms with van der Waals surface area (Å²) in [7, 11) is 2.80. The number of hydrogen-bond donors (Lipinski definition) is 2. The van der Waals surface area contributed by atoms with Gasteiger partial charge in [0.05, 0.1) is 37.2 Å². The molecule has 0 radical (unpaired) electrons. The number of amides is 2. The number of carbonyl (C=O) groups is 2. The number of nitrogens with two attached hydrogens (primary N) is 1. The van der Waals surface area contributed by atoms with Crippen molar-refractivity contribution in [3.63, 3.8) is 0 Å². The molecule has 0 saturated carbocycles. The average Bonchev–Trinajstić information content (AvgIpc) is 2.79. The van der Waals surface area contributed by atoms with Gasteiger partial charge in [-0.1, -0.05) is 0 Å². The lowest BCUT2D eigenvalue weighted by Crippen LogP contribution is -2.19. The highest BCUT2D eigenvalue weighted by Crippen LogP contribution is 2.44. The zero-order valence-electron chi connectivity index (χ0n) is 19.2. The molecule has 3 aromatic rings. The Morgan fingerprint density at radius 2 is 1.60 bits per heavy atom. The van der Waals surface area contributed by atoms with Crippen LogP contribution in [0.25, 0.3) is 0 Å². The third-order valence-electron chi connectivity index (χ3n) is 5.05. The number of benzene rings is 2. The van der Waals surface area contributed by atoms with Crippen LogP contribution in [0.5, 0.6) is 23.0 Å². The maximum atomic E-state index is 13.6. The van der Waals surface area contributed by atoms with E-state index in [9.17, 15) is 22.8 Å². The highest BCUT2D eigenvalue weighted by molar-refractivity contribution is 6.07. The summed E-state index contributed by atoms with van der Waals surface area (Å²) >= 11 is 0. The van der Waals surface area contributed by atoms with Crippen LogP contribution in [0.15, 0.2) is 42.6 Å². The third-order valence-corrected chi connectivity index (χ3v) is 5.05. The molecule has 0 saturated heterocycles. The van der Waals surface area contributed by atoms with E-state index in [0.29, 0.717) is 0 Å². The number of ether oxygens (including phenoxy) is 3. The zero-order valence-corrected chi connectivity index (χ0v) is 19.2. The van der Waals surface area contributed by atoms with E-state index in [1.807, 2.05) is 0 Å². The molecule has 0 aliphatic rings. The second-order valence-electron chi connectivity index (χ2n) is 7.46. The summed E-state index contributed by atoms with van der Waals surface area (Å²) in [6.07, 6.45) is -3.55. The fraction of sp³-hybridized carbons (Fsp3) is 0.208. The Kier molecular flexibility index (Phi) is 7.18. The molecule has 1 aromatic heterocycles. The van der Waals surface area contributed by atoms with E-state index >= 15 is 0 Å². The Morgan fingerprint density at radius 1 is 0.971 bits per heavy atom. The summed E-state index contributed by atoms with van der Waals surface area (Å²) < 4.78 is 57.4. The molecule has 0 unspecified atom stereocenters. The maximum absolute atomic E-state index is 13.6. The van der Waals surface area contributed by atoms with Crippen LogP contribution in [0.4, 0.5) is 18.9 Å². The summed E-state index contributed by atoms with van der Waals surface area (Å²) in [5.74, 6) is -1.21. The predicted octanol–water partition coefficient (Wildman–Crippen LogP) is 4.88. The third kappa shape index (κ3) is 5.45. The zero-order chi connectivity index (χ0) is 25.9. The summed E-state index contributed by atoms with van der Waals surface area (Å²) in [5, 5.41) is 2.47. The summed E-state index contributed by atoms with van der Waals surface area (Å²) in [6, 6.07) is 7.81. The first-order valence-electron chi connectivity index (χ1n) is 10.1. The number of aromatic nitrogens is 1. The molecule has 2 amide bonds. The molecule has 0 aliphatic heterocycles. The quantitative estimate of drug-likeness (QED) is 0.489. The molecule has 35 heavy (non-hydrogen) atoms. The molecular weight excluding hydrogens is 467 g/mol. The van der Waals surface area contributed by atoms with E-state index in [1.54, 1.807) is 19.1 Å². The highest BCUT2D eigenvalue weighted by atomic mass is 19.4. The van der Waals surface area contributed by atoms with Gasteiger partial charge >= 0.3 is 6.18 Å². The Bertz CT molecular complexity index is 1250. The molecule has 3 rings (SSSR count). The molecule has 1 heterocycles. The van der Waals surface area contributed by atoms with E-state index in [0.717, 1.165) is 23.9 Å². The minimum atomic E-state index is -4.71. The van der Waals surface area contributed by atoms with Gasteiger partial charge in [0, 0.05) is 0 Å². The van der Waals surface area contributed by atoms with Crippen molar-refractivity contribution in [2.45, 2.75) is 20.0 Å². The summed E-state index contributed by atoms with van der Waals surface area (Å²) in [4.78, 5) is 28.2. The van der Waals surface area contributed by atoms with Crippen LogP contribution in [0.3, 0.4) is 0 Å². The van der Waals surface area contributed by atoms with E-state index in [4.69, 9.17) is 19.9 Å². The van der Waals surface area contributed by atoms with Gasteiger partial charge in [-0.05, 0) is 61.4 Å². The van der Waals surface area contributed by atoms with Gasteiger partial charge in [0.15, 0.2) is 11.5 Å². The first-order chi connectivity index (χ1) is 16.5. The number of carbonyl (C=O) groups excluding carboxylic acids is 2. The number of anilines is 1. The van der Waals surface area contributed by atoms with E-state index in [-0.39, 0.29) is 45.5 Å². The molecule has 0 aliphatic carbocycles. The second-order valence-corrected chi connectivity index (χ2v) is 7.46. The smallest absolute Gasteiger partial charge is 0.416 e. The number of methoxy groups -OCH3 is 2. The van der Waals surface area contributed by atoms with Crippen LogP contribution >= 0.6 is 0 Å². The molecule has 11 heteroatoms. The van der Waals surface area contributed by atoms with Crippen LogP contribution < -0.4 is 25.3 Å². The van der Waals surface area contributed by atoms with Crippen molar-refractivity contribution in [3.8, 4) is 23.0 Å². The van der Waals surface area contributed by atoms with Crippen molar-refractivity contribution in [3.05, 3.63) is 70.5 Å². The van der Waals surface area contributed by atoms with Gasteiger partial charge in [0.2, 0.25) is 5.75 Å². The van der Waals surface area contributed by atoms with E-state index in [1.165, 1.54) is 33.3 Å². The Hall–Kier alpha value is -4.28. The SMILES string of the molecule is COc1cc(C)cc(OC)c1Oc1ccc(C(F)(F)F)c(C)c1C(=O)Nc1ccc(C(N)=O)nc1. The van der Waals surface area contributed by atoms with Gasteiger partial charge in [-0.2, -0.15) is 13.2 Å². The molecule has 0 spiro atoms. The van der Waals surface area contributed by atoms with Crippen molar-refractivity contribution in [1.29, 1.82) is 0 Å². The van der Waals surface area contributed by atoms with Crippen LogP contribution in [-0.4, -0.2) is 31.0 Å². The Labute approximate surface area is 198 Å². The first-order valence-corrected chi connectivity index (χ1v) is 10.1. The van der Waals surface area contributed by atoms with Gasteiger partial charge in [0.25, 0.3) is 11.8 Å². The number of nitrogens with one attached hydrogen (secondary N) is 1. The number of rotatable bonds is 7.